The lowest BCUT2D eigenvalue weighted by molar-refractivity contribution is 0.117. The summed E-state index contributed by atoms with van der Waals surface area (Å²) in [5.41, 5.74) is 0.580. The van der Waals surface area contributed by atoms with Crippen molar-refractivity contribution in [3.63, 3.8) is 0 Å². The standard InChI is InChI=1S/C16H18O3S/c1-13-9-7-8-12-15(13)20(17,18)19-16(2,3)14-10-5-4-6-11-14/h4-12H,1-3H3. The van der Waals surface area contributed by atoms with Gasteiger partial charge < -0.3 is 0 Å². The third-order valence-electron chi connectivity index (χ3n) is 3.15. The molecule has 0 aliphatic heterocycles. The Labute approximate surface area is 120 Å². The van der Waals surface area contributed by atoms with E-state index < -0.39 is 15.7 Å². The van der Waals surface area contributed by atoms with Crippen LogP contribution in [0, 0.1) is 6.92 Å². The molecular formula is C16H18O3S. The van der Waals surface area contributed by atoms with E-state index in [4.69, 9.17) is 4.18 Å². The number of rotatable bonds is 4. The molecule has 0 aromatic heterocycles. The first-order valence-electron chi connectivity index (χ1n) is 6.40. The van der Waals surface area contributed by atoms with Crippen molar-refractivity contribution in [2.24, 2.45) is 0 Å². The molecule has 0 unspecified atom stereocenters. The van der Waals surface area contributed by atoms with Gasteiger partial charge in [-0.3, -0.25) is 4.18 Å². The summed E-state index contributed by atoms with van der Waals surface area (Å²) in [6.45, 7) is 5.25. The third-order valence-corrected chi connectivity index (χ3v) is 4.78. The van der Waals surface area contributed by atoms with E-state index in [1.54, 1.807) is 45.0 Å². The lowest BCUT2D eigenvalue weighted by Crippen LogP contribution is -2.26. The molecule has 0 saturated carbocycles. The van der Waals surface area contributed by atoms with Crippen LogP contribution in [0.1, 0.15) is 25.0 Å². The van der Waals surface area contributed by atoms with Crippen LogP contribution < -0.4 is 0 Å². The van der Waals surface area contributed by atoms with Gasteiger partial charge in [0.2, 0.25) is 0 Å². The molecule has 0 N–H and O–H groups in total. The second-order valence-electron chi connectivity index (χ2n) is 5.18. The van der Waals surface area contributed by atoms with E-state index in [-0.39, 0.29) is 4.90 Å². The Morgan fingerprint density at radius 3 is 2.05 bits per heavy atom. The normalized spacial score (nSPS) is 12.3. The van der Waals surface area contributed by atoms with E-state index in [2.05, 4.69) is 0 Å². The first kappa shape index (κ1) is 14.8. The smallest absolute Gasteiger partial charge is 0.255 e. The van der Waals surface area contributed by atoms with Crippen LogP contribution >= 0.6 is 0 Å². The molecule has 0 saturated heterocycles. The van der Waals surface area contributed by atoms with Crippen molar-refractivity contribution in [3.8, 4) is 0 Å². The lowest BCUT2D eigenvalue weighted by Gasteiger charge is -2.25. The Balaban J connectivity index is 2.36. The molecular weight excluding hydrogens is 272 g/mol. The van der Waals surface area contributed by atoms with Gasteiger partial charge in [-0.05, 0) is 38.0 Å². The molecule has 2 aromatic carbocycles. The minimum atomic E-state index is -3.80. The van der Waals surface area contributed by atoms with E-state index >= 15 is 0 Å². The highest BCUT2D eigenvalue weighted by Crippen LogP contribution is 2.30. The predicted molar refractivity (Wildman–Crippen MR) is 78.9 cm³/mol. The number of hydrogen-bond donors (Lipinski definition) is 0. The average Bonchev–Trinajstić information content (AvgIpc) is 2.39. The van der Waals surface area contributed by atoms with Gasteiger partial charge in [-0.25, -0.2) is 0 Å². The van der Waals surface area contributed by atoms with E-state index in [9.17, 15) is 8.42 Å². The molecule has 2 aromatic rings. The largest absolute Gasteiger partial charge is 0.298 e. The van der Waals surface area contributed by atoms with Crippen molar-refractivity contribution in [2.75, 3.05) is 0 Å². The second-order valence-corrected chi connectivity index (χ2v) is 6.69. The number of benzene rings is 2. The molecule has 2 rings (SSSR count). The van der Waals surface area contributed by atoms with Crippen molar-refractivity contribution in [1.29, 1.82) is 0 Å². The van der Waals surface area contributed by atoms with Gasteiger partial charge in [0, 0.05) is 0 Å². The first-order chi connectivity index (χ1) is 9.33. The van der Waals surface area contributed by atoms with E-state index in [1.165, 1.54) is 0 Å². The van der Waals surface area contributed by atoms with Gasteiger partial charge in [-0.15, -0.1) is 0 Å². The van der Waals surface area contributed by atoms with Crippen molar-refractivity contribution in [2.45, 2.75) is 31.3 Å². The molecule has 20 heavy (non-hydrogen) atoms. The fourth-order valence-electron chi connectivity index (χ4n) is 2.04. The Bertz CT molecular complexity index is 689. The molecule has 0 heterocycles. The Morgan fingerprint density at radius 2 is 1.45 bits per heavy atom. The van der Waals surface area contributed by atoms with Crippen LogP contribution in [0.3, 0.4) is 0 Å². The summed E-state index contributed by atoms with van der Waals surface area (Å²) in [6, 6.07) is 16.1. The summed E-state index contributed by atoms with van der Waals surface area (Å²) in [5, 5.41) is 0. The molecule has 4 heteroatoms. The molecule has 0 aliphatic rings. The van der Waals surface area contributed by atoms with E-state index in [1.807, 2.05) is 30.3 Å². The second kappa shape index (κ2) is 5.38. The number of aryl methyl sites for hydroxylation is 1. The lowest BCUT2D eigenvalue weighted by atomic mass is 9.99. The monoisotopic (exact) mass is 290 g/mol. The van der Waals surface area contributed by atoms with Gasteiger partial charge in [-0.1, -0.05) is 48.5 Å². The van der Waals surface area contributed by atoms with Gasteiger partial charge >= 0.3 is 0 Å². The van der Waals surface area contributed by atoms with Crippen LogP contribution in [0.4, 0.5) is 0 Å². The summed E-state index contributed by atoms with van der Waals surface area (Å²) < 4.78 is 30.3. The maximum absolute atomic E-state index is 12.4. The minimum Gasteiger partial charge on any atom is -0.255 e. The molecule has 0 atom stereocenters. The van der Waals surface area contributed by atoms with Crippen LogP contribution in [-0.4, -0.2) is 8.42 Å². The Kier molecular flexibility index (Phi) is 3.97. The summed E-state index contributed by atoms with van der Waals surface area (Å²) in [6.07, 6.45) is 0. The van der Waals surface area contributed by atoms with Gasteiger partial charge in [0.15, 0.2) is 0 Å². The van der Waals surface area contributed by atoms with Crippen molar-refractivity contribution >= 4 is 10.1 Å². The van der Waals surface area contributed by atoms with Gasteiger partial charge in [0.05, 0.1) is 4.90 Å². The topological polar surface area (TPSA) is 43.4 Å². The summed E-state index contributed by atoms with van der Waals surface area (Å²) in [5.74, 6) is 0. The SMILES string of the molecule is Cc1ccccc1S(=O)(=O)OC(C)(C)c1ccccc1. The van der Waals surface area contributed by atoms with Gasteiger partial charge in [0.1, 0.15) is 5.60 Å². The van der Waals surface area contributed by atoms with Crippen LogP contribution in [0.25, 0.3) is 0 Å². The summed E-state index contributed by atoms with van der Waals surface area (Å²) in [4.78, 5) is 0.212. The predicted octanol–water partition coefficient (Wildman–Crippen LogP) is 3.64. The highest BCUT2D eigenvalue weighted by Gasteiger charge is 2.30. The van der Waals surface area contributed by atoms with E-state index in [0.717, 1.165) is 5.56 Å². The van der Waals surface area contributed by atoms with Crippen LogP contribution in [0.15, 0.2) is 59.5 Å². The molecule has 0 amide bonds. The average molecular weight is 290 g/mol. The van der Waals surface area contributed by atoms with Crippen molar-refractivity contribution in [3.05, 3.63) is 65.7 Å². The highest BCUT2D eigenvalue weighted by atomic mass is 32.2. The molecule has 0 aliphatic carbocycles. The Hall–Kier alpha value is -1.65. The fourth-order valence-corrected chi connectivity index (χ4v) is 3.49. The zero-order valence-electron chi connectivity index (χ0n) is 11.8. The Morgan fingerprint density at radius 1 is 0.900 bits per heavy atom. The fraction of sp³-hybridized carbons (Fsp3) is 0.250. The van der Waals surface area contributed by atoms with Crippen LogP contribution in [-0.2, 0) is 19.9 Å². The zero-order valence-corrected chi connectivity index (χ0v) is 12.6. The molecule has 3 nitrogen and oxygen atoms in total. The molecule has 106 valence electrons. The maximum atomic E-state index is 12.4. The highest BCUT2D eigenvalue weighted by molar-refractivity contribution is 7.86. The molecule has 0 spiro atoms. The zero-order chi connectivity index (χ0) is 14.8. The molecule has 0 fully saturated rings. The first-order valence-corrected chi connectivity index (χ1v) is 7.80. The number of hydrogen-bond acceptors (Lipinski definition) is 3. The summed E-state index contributed by atoms with van der Waals surface area (Å²) >= 11 is 0. The van der Waals surface area contributed by atoms with Crippen molar-refractivity contribution < 1.29 is 12.6 Å². The van der Waals surface area contributed by atoms with Crippen molar-refractivity contribution in [1.82, 2.24) is 0 Å². The third kappa shape index (κ3) is 3.08. The minimum absolute atomic E-state index is 0.212. The van der Waals surface area contributed by atoms with Crippen LogP contribution in [0.2, 0.25) is 0 Å². The van der Waals surface area contributed by atoms with Gasteiger partial charge in [0.25, 0.3) is 10.1 Å². The maximum Gasteiger partial charge on any atom is 0.298 e. The molecule has 0 radical (unpaired) electrons. The van der Waals surface area contributed by atoms with E-state index in [0.29, 0.717) is 5.56 Å². The quantitative estimate of drug-likeness (QED) is 0.807. The molecule has 0 bridgehead atoms. The van der Waals surface area contributed by atoms with Crippen LogP contribution in [0.5, 0.6) is 0 Å². The van der Waals surface area contributed by atoms with Gasteiger partial charge in [-0.2, -0.15) is 8.42 Å². The summed E-state index contributed by atoms with van der Waals surface area (Å²) in [7, 11) is -3.80.